The number of thiophene rings is 1. The molecule has 2 N–H and O–H groups in total. The molecule has 0 spiro atoms. The summed E-state index contributed by atoms with van der Waals surface area (Å²) in [6, 6.07) is 12.6. The molecule has 0 radical (unpaired) electrons. The van der Waals surface area contributed by atoms with Crippen LogP contribution in [0.3, 0.4) is 0 Å². The van der Waals surface area contributed by atoms with Gasteiger partial charge in [0.05, 0.1) is 13.2 Å². The van der Waals surface area contributed by atoms with E-state index in [2.05, 4.69) is 49.5 Å². The van der Waals surface area contributed by atoms with Crippen molar-refractivity contribution in [3.05, 3.63) is 63.4 Å². The Morgan fingerprint density at radius 1 is 1.19 bits per heavy atom. The number of morpholine rings is 1. The van der Waals surface area contributed by atoms with Gasteiger partial charge in [0.1, 0.15) is 25.7 Å². The number of aryl methyl sites for hydroxylation is 2. The van der Waals surface area contributed by atoms with Gasteiger partial charge in [-0.3, -0.25) is 4.79 Å². The zero-order valence-electron chi connectivity index (χ0n) is 15.5. The molecule has 1 saturated heterocycles. The summed E-state index contributed by atoms with van der Waals surface area (Å²) in [6.07, 6.45) is 3.53. The molecule has 1 fully saturated rings. The molecular weight excluding hydrogens is 344 g/mol. The van der Waals surface area contributed by atoms with Crippen LogP contribution in [-0.4, -0.2) is 38.8 Å². The number of amides is 1. The Labute approximate surface area is 159 Å². The van der Waals surface area contributed by atoms with Crippen LogP contribution in [0.5, 0.6) is 0 Å². The lowest BCUT2D eigenvalue weighted by Gasteiger charge is -2.28. The third-order valence-electron chi connectivity index (χ3n) is 4.65. The minimum absolute atomic E-state index is 0.00548. The lowest BCUT2D eigenvalue weighted by Crippen LogP contribution is -3.14. The lowest BCUT2D eigenvalue weighted by atomic mass is 10.0. The van der Waals surface area contributed by atoms with Gasteiger partial charge in [0.2, 0.25) is 5.91 Å². The van der Waals surface area contributed by atoms with Crippen LogP contribution in [0.25, 0.3) is 6.08 Å². The molecule has 0 aliphatic carbocycles. The van der Waals surface area contributed by atoms with Gasteiger partial charge in [-0.1, -0.05) is 29.8 Å². The first-order valence-electron chi connectivity index (χ1n) is 9.13. The first kappa shape index (κ1) is 18.8. The van der Waals surface area contributed by atoms with Crippen LogP contribution in [0.1, 0.15) is 26.9 Å². The van der Waals surface area contributed by atoms with Crippen molar-refractivity contribution < 1.29 is 14.4 Å². The number of hydrogen-bond acceptors (Lipinski definition) is 3. The van der Waals surface area contributed by atoms with E-state index < -0.39 is 0 Å². The third-order valence-corrected chi connectivity index (χ3v) is 5.61. The molecule has 0 saturated carbocycles. The minimum atomic E-state index is -0.0470. The molecule has 138 valence electrons. The molecule has 1 aliphatic rings. The highest BCUT2D eigenvalue weighted by Gasteiger charge is 2.22. The zero-order valence-corrected chi connectivity index (χ0v) is 16.3. The van der Waals surface area contributed by atoms with Crippen molar-refractivity contribution >= 4 is 23.3 Å². The standard InChI is InChI=1S/C21H26N2O2S/c1-16-3-6-18(7-4-16)20(15-23-11-13-25-14-12-23)22-21(24)10-9-19-8-5-17(2)26-19/h3-10,20H,11-15H2,1-2H3,(H,22,24)/p+1/b10-9+/t20-/m0/s1. The number of nitrogens with one attached hydrogen (secondary N) is 2. The van der Waals surface area contributed by atoms with Gasteiger partial charge in [-0.2, -0.15) is 0 Å². The molecule has 26 heavy (non-hydrogen) atoms. The first-order valence-corrected chi connectivity index (χ1v) is 9.95. The Bertz CT molecular complexity index is 746. The second-order valence-corrected chi connectivity index (χ2v) is 8.14. The number of rotatable bonds is 6. The number of carbonyl (C=O) groups is 1. The normalized spacial score (nSPS) is 16.7. The van der Waals surface area contributed by atoms with Crippen molar-refractivity contribution in [1.29, 1.82) is 0 Å². The SMILES string of the molecule is Cc1ccc([C@H](C[NH+]2CCOCC2)NC(=O)/C=C/c2ccc(C)s2)cc1. The summed E-state index contributed by atoms with van der Waals surface area (Å²) < 4.78 is 5.46. The molecule has 4 nitrogen and oxygen atoms in total. The molecule has 3 rings (SSSR count). The summed E-state index contributed by atoms with van der Waals surface area (Å²) in [5.74, 6) is -0.0470. The van der Waals surface area contributed by atoms with E-state index in [4.69, 9.17) is 4.74 Å². The van der Waals surface area contributed by atoms with Gasteiger partial charge in [-0.05, 0) is 37.6 Å². The van der Waals surface area contributed by atoms with Crippen molar-refractivity contribution in [2.45, 2.75) is 19.9 Å². The summed E-state index contributed by atoms with van der Waals surface area (Å²) in [5, 5.41) is 3.19. The highest BCUT2D eigenvalue weighted by Crippen LogP contribution is 2.17. The van der Waals surface area contributed by atoms with E-state index in [9.17, 15) is 4.79 Å². The predicted octanol–water partition coefficient (Wildman–Crippen LogP) is 2.15. The summed E-state index contributed by atoms with van der Waals surface area (Å²) in [7, 11) is 0. The Hall–Kier alpha value is -1.95. The zero-order chi connectivity index (χ0) is 18.4. The molecule has 0 unspecified atom stereocenters. The fraction of sp³-hybridized carbons (Fsp3) is 0.381. The summed E-state index contributed by atoms with van der Waals surface area (Å²) >= 11 is 1.69. The van der Waals surface area contributed by atoms with E-state index in [-0.39, 0.29) is 11.9 Å². The predicted molar refractivity (Wildman–Crippen MR) is 107 cm³/mol. The Kier molecular flexibility index (Phi) is 6.61. The van der Waals surface area contributed by atoms with E-state index >= 15 is 0 Å². The molecule has 2 heterocycles. The molecule has 0 bridgehead atoms. The van der Waals surface area contributed by atoms with Gasteiger partial charge in [0, 0.05) is 15.8 Å². The van der Waals surface area contributed by atoms with Crippen LogP contribution in [0.2, 0.25) is 0 Å². The third kappa shape index (κ3) is 5.53. The van der Waals surface area contributed by atoms with E-state index in [1.54, 1.807) is 17.4 Å². The fourth-order valence-corrected chi connectivity index (χ4v) is 3.90. The van der Waals surface area contributed by atoms with Gasteiger partial charge in [0.25, 0.3) is 0 Å². The highest BCUT2D eigenvalue weighted by molar-refractivity contribution is 7.12. The van der Waals surface area contributed by atoms with E-state index in [1.165, 1.54) is 15.3 Å². The van der Waals surface area contributed by atoms with E-state index in [0.717, 1.165) is 43.3 Å². The van der Waals surface area contributed by atoms with Gasteiger partial charge < -0.3 is 15.0 Å². The average Bonchev–Trinajstić information content (AvgIpc) is 3.06. The molecular formula is C21H27N2O2S+. The maximum Gasteiger partial charge on any atom is 0.244 e. The monoisotopic (exact) mass is 371 g/mol. The molecule has 2 aromatic rings. The maximum atomic E-state index is 12.5. The molecule has 1 atom stereocenters. The maximum absolute atomic E-state index is 12.5. The van der Waals surface area contributed by atoms with Crippen LogP contribution >= 0.6 is 11.3 Å². The number of quaternary nitrogens is 1. The van der Waals surface area contributed by atoms with Gasteiger partial charge in [-0.15, -0.1) is 11.3 Å². The highest BCUT2D eigenvalue weighted by atomic mass is 32.1. The van der Waals surface area contributed by atoms with Crippen LogP contribution in [0, 0.1) is 13.8 Å². The topological polar surface area (TPSA) is 42.8 Å². The molecule has 1 aromatic carbocycles. The van der Waals surface area contributed by atoms with E-state index in [1.807, 2.05) is 12.1 Å². The van der Waals surface area contributed by atoms with Crippen LogP contribution in [0.4, 0.5) is 0 Å². The number of ether oxygens (including phenoxy) is 1. The lowest BCUT2D eigenvalue weighted by molar-refractivity contribution is -0.909. The first-order chi connectivity index (χ1) is 12.6. The summed E-state index contributed by atoms with van der Waals surface area (Å²) in [4.78, 5) is 16.3. The van der Waals surface area contributed by atoms with Gasteiger partial charge in [0.15, 0.2) is 0 Å². The van der Waals surface area contributed by atoms with Crippen molar-refractivity contribution in [1.82, 2.24) is 5.32 Å². The average molecular weight is 372 g/mol. The van der Waals surface area contributed by atoms with E-state index in [0.29, 0.717) is 0 Å². The molecule has 1 aliphatic heterocycles. The van der Waals surface area contributed by atoms with Crippen molar-refractivity contribution in [2.75, 3.05) is 32.8 Å². The molecule has 5 heteroatoms. The number of benzene rings is 1. The fourth-order valence-electron chi connectivity index (χ4n) is 3.12. The van der Waals surface area contributed by atoms with Crippen LogP contribution in [0.15, 0.2) is 42.5 Å². The molecule has 1 aromatic heterocycles. The largest absolute Gasteiger partial charge is 0.370 e. The van der Waals surface area contributed by atoms with Gasteiger partial charge >= 0.3 is 0 Å². The van der Waals surface area contributed by atoms with Gasteiger partial charge in [-0.25, -0.2) is 0 Å². The van der Waals surface area contributed by atoms with Crippen LogP contribution in [-0.2, 0) is 9.53 Å². The second-order valence-electron chi connectivity index (χ2n) is 6.82. The van der Waals surface area contributed by atoms with Crippen molar-refractivity contribution in [2.24, 2.45) is 0 Å². The smallest absolute Gasteiger partial charge is 0.244 e. The van der Waals surface area contributed by atoms with Crippen molar-refractivity contribution in [3.8, 4) is 0 Å². The number of carbonyl (C=O) groups excluding carboxylic acids is 1. The summed E-state index contributed by atoms with van der Waals surface area (Å²) in [5.41, 5.74) is 2.38. The number of hydrogen-bond donors (Lipinski definition) is 2. The summed E-state index contributed by atoms with van der Waals surface area (Å²) in [6.45, 7) is 8.59. The Balaban J connectivity index is 1.68. The minimum Gasteiger partial charge on any atom is -0.370 e. The second kappa shape index (κ2) is 9.12. The Morgan fingerprint density at radius 3 is 2.58 bits per heavy atom. The van der Waals surface area contributed by atoms with Crippen molar-refractivity contribution in [3.63, 3.8) is 0 Å². The Morgan fingerprint density at radius 2 is 1.92 bits per heavy atom. The van der Waals surface area contributed by atoms with Crippen LogP contribution < -0.4 is 10.2 Å². The molecule has 1 amide bonds. The quantitative estimate of drug-likeness (QED) is 0.764.